The topological polar surface area (TPSA) is 51.0 Å². The van der Waals surface area contributed by atoms with Crippen LogP contribution in [0.2, 0.25) is 0 Å². The molecule has 1 aliphatic heterocycles. The van der Waals surface area contributed by atoms with Crippen LogP contribution in [0.4, 0.5) is 0 Å². The maximum absolute atomic E-state index is 5.03. The molecule has 0 amide bonds. The molecule has 200 valence electrons. The lowest BCUT2D eigenvalue weighted by Gasteiger charge is -2.24. The van der Waals surface area contributed by atoms with E-state index in [0.29, 0.717) is 17.5 Å². The number of thioether (sulfide) groups is 1. The van der Waals surface area contributed by atoms with Crippen molar-refractivity contribution in [2.45, 2.75) is 37.5 Å². The van der Waals surface area contributed by atoms with E-state index >= 15 is 0 Å². The van der Waals surface area contributed by atoms with Crippen molar-refractivity contribution in [3.63, 3.8) is 0 Å². The van der Waals surface area contributed by atoms with Crippen LogP contribution >= 0.6 is 11.8 Å². The van der Waals surface area contributed by atoms with E-state index in [1.54, 1.807) is 30.1 Å². The Morgan fingerprint density at radius 1 is 0.925 bits per heavy atom. The highest BCUT2D eigenvalue weighted by Crippen LogP contribution is 2.56. The van der Waals surface area contributed by atoms with Gasteiger partial charge < -0.3 is 0 Å². The molecule has 0 saturated heterocycles. The molecule has 2 aromatic rings. The number of hydrogen-bond acceptors (Lipinski definition) is 5. The highest BCUT2D eigenvalue weighted by Gasteiger charge is 2.38. The number of allylic oxidation sites excluding steroid dienone is 16. The third kappa shape index (κ3) is 5.95. The van der Waals surface area contributed by atoms with E-state index in [0.717, 1.165) is 22.4 Å². The molecule has 2 unspecified atom stereocenters. The zero-order valence-corrected chi connectivity index (χ0v) is 24.1. The summed E-state index contributed by atoms with van der Waals surface area (Å²) >= 11 is 1.79. The fraction of sp³-hybridized carbons (Fsp3) is 0.143. The fourth-order valence-corrected chi connectivity index (χ4v) is 6.08. The second-order valence-electron chi connectivity index (χ2n) is 9.03. The summed E-state index contributed by atoms with van der Waals surface area (Å²) in [7, 11) is 0. The monoisotopic (exact) mass is 542 g/mol. The largest absolute Gasteiger partial charge is 0.257 e. The SMILES string of the molecule is C=C/C=C(\C=C/C)c1nc(/C(C=C)=C/C=C\C)nc(C2C=CC=C3Sc4c(C(C=C)=N/C=C\C)cccc4C32)n1. The van der Waals surface area contributed by atoms with Gasteiger partial charge >= 0.3 is 0 Å². The highest BCUT2D eigenvalue weighted by molar-refractivity contribution is 8.03. The van der Waals surface area contributed by atoms with Gasteiger partial charge in [-0.25, -0.2) is 15.0 Å². The Kier molecular flexibility index (Phi) is 9.76. The summed E-state index contributed by atoms with van der Waals surface area (Å²) in [5, 5.41) is 0. The van der Waals surface area contributed by atoms with E-state index in [-0.39, 0.29) is 11.8 Å². The number of rotatable bonds is 10. The summed E-state index contributed by atoms with van der Waals surface area (Å²) in [6.45, 7) is 17.8. The van der Waals surface area contributed by atoms with Crippen LogP contribution in [0, 0.1) is 0 Å². The Labute approximate surface area is 242 Å². The molecule has 1 aliphatic carbocycles. The second kappa shape index (κ2) is 13.6. The lowest BCUT2D eigenvalue weighted by Crippen LogP contribution is -2.17. The molecule has 0 radical (unpaired) electrons. The molecular formula is C35H34N4S. The van der Waals surface area contributed by atoms with Gasteiger partial charge in [-0.2, -0.15) is 0 Å². The molecule has 2 atom stereocenters. The number of aromatic nitrogens is 3. The van der Waals surface area contributed by atoms with E-state index in [1.807, 2.05) is 69.4 Å². The van der Waals surface area contributed by atoms with Crippen LogP contribution in [-0.2, 0) is 0 Å². The van der Waals surface area contributed by atoms with Crippen LogP contribution in [0.5, 0.6) is 0 Å². The quantitative estimate of drug-likeness (QED) is 0.222. The normalized spacial score (nSPS) is 19.3. The van der Waals surface area contributed by atoms with Crippen LogP contribution in [0.25, 0.3) is 11.1 Å². The van der Waals surface area contributed by atoms with Gasteiger partial charge in [0.1, 0.15) is 5.82 Å². The predicted molar refractivity (Wildman–Crippen MR) is 172 cm³/mol. The van der Waals surface area contributed by atoms with Gasteiger partial charge in [0.05, 0.1) is 5.71 Å². The number of benzene rings is 1. The molecule has 0 saturated carbocycles. The highest BCUT2D eigenvalue weighted by atomic mass is 32.2. The van der Waals surface area contributed by atoms with Crippen molar-refractivity contribution in [1.82, 2.24) is 15.0 Å². The van der Waals surface area contributed by atoms with Crippen LogP contribution in [0.3, 0.4) is 0 Å². The number of fused-ring (bicyclic) bond motifs is 3. The standard InChI is InChI=1S/C35H34N4S/c1-7-13-18-24(11-5)33-37-34(25(16-8-2)17-9-3)39-35(38-33)28-21-15-22-30-31(28)27-20-14-19-26(32(27)40-30)29(12-6)36-23-10-4/h7-23,28,31H,2,5-6H2,1,3-4H3/b13-7-,17-9-,23-10-,24-18+,25-16+,36-29?. The molecule has 0 N–H and O–H groups in total. The number of hydrogen-bond donors (Lipinski definition) is 0. The first-order valence-electron chi connectivity index (χ1n) is 13.3. The van der Waals surface area contributed by atoms with Gasteiger partial charge in [0.25, 0.3) is 0 Å². The molecule has 5 heteroatoms. The summed E-state index contributed by atoms with van der Waals surface area (Å²) in [6.07, 6.45) is 27.4. The van der Waals surface area contributed by atoms with Gasteiger partial charge in [0.2, 0.25) is 0 Å². The van der Waals surface area contributed by atoms with Gasteiger partial charge in [0, 0.05) is 39.6 Å². The summed E-state index contributed by atoms with van der Waals surface area (Å²) in [6, 6.07) is 6.41. The van der Waals surface area contributed by atoms with Gasteiger partial charge in [0.15, 0.2) is 11.6 Å². The Balaban J connectivity index is 1.91. The van der Waals surface area contributed by atoms with E-state index < -0.39 is 0 Å². The maximum Gasteiger partial charge on any atom is 0.163 e. The zero-order valence-electron chi connectivity index (χ0n) is 23.3. The molecular weight excluding hydrogens is 508 g/mol. The molecule has 0 spiro atoms. The average molecular weight is 543 g/mol. The van der Waals surface area contributed by atoms with E-state index in [4.69, 9.17) is 15.0 Å². The Bertz CT molecular complexity index is 1560. The summed E-state index contributed by atoms with van der Waals surface area (Å²) < 4.78 is 0. The summed E-state index contributed by atoms with van der Waals surface area (Å²) in [4.78, 5) is 22.0. The van der Waals surface area contributed by atoms with Crippen molar-refractivity contribution in [3.8, 4) is 0 Å². The molecule has 1 aromatic heterocycles. The third-order valence-electron chi connectivity index (χ3n) is 6.48. The third-order valence-corrected chi connectivity index (χ3v) is 7.76. The molecule has 2 heterocycles. The lowest BCUT2D eigenvalue weighted by molar-refractivity contribution is 0.663. The van der Waals surface area contributed by atoms with Crippen molar-refractivity contribution in [3.05, 3.63) is 157 Å². The van der Waals surface area contributed by atoms with Crippen LogP contribution < -0.4 is 0 Å². The van der Waals surface area contributed by atoms with Crippen molar-refractivity contribution >= 4 is 28.6 Å². The Morgan fingerprint density at radius 3 is 2.40 bits per heavy atom. The van der Waals surface area contributed by atoms with Crippen LogP contribution in [0.15, 0.2) is 138 Å². The number of nitrogens with zero attached hydrogens (tertiary/aromatic N) is 4. The van der Waals surface area contributed by atoms with Crippen LogP contribution in [-0.4, -0.2) is 20.7 Å². The first-order chi connectivity index (χ1) is 19.6. The molecule has 1 aromatic carbocycles. The maximum atomic E-state index is 5.03. The second-order valence-corrected chi connectivity index (χ2v) is 10.1. The minimum absolute atomic E-state index is 0.0764. The summed E-state index contributed by atoms with van der Waals surface area (Å²) in [5.74, 6) is 1.91. The van der Waals surface area contributed by atoms with Gasteiger partial charge in [-0.3, -0.25) is 4.99 Å². The first-order valence-corrected chi connectivity index (χ1v) is 14.1. The summed E-state index contributed by atoms with van der Waals surface area (Å²) in [5.41, 5.74) is 4.87. The van der Waals surface area contributed by atoms with Crippen molar-refractivity contribution in [2.75, 3.05) is 0 Å². The molecule has 40 heavy (non-hydrogen) atoms. The molecule has 0 bridgehead atoms. The van der Waals surface area contributed by atoms with Crippen molar-refractivity contribution in [1.29, 1.82) is 0 Å². The van der Waals surface area contributed by atoms with Gasteiger partial charge in [-0.1, -0.05) is 123 Å². The lowest BCUT2D eigenvalue weighted by atomic mass is 9.81. The minimum Gasteiger partial charge on any atom is -0.257 e. The fourth-order valence-electron chi connectivity index (χ4n) is 4.71. The molecule has 4 rings (SSSR count). The van der Waals surface area contributed by atoms with Gasteiger partial charge in [-0.05, 0) is 37.3 Å². The van der Waals surface area contributed by atoms with Crippen molar-refractivity contribution < 1.29 is 0 Å². The zero-order chi connectivity index (χ0) is 28.5. The Hall–Kier alpha value is -4.35. The molecule has 4 nitrogen and oxygen atoms in total. The smallest absolute Gasteiger partial charge is 0.163 e. The average Bonchev–Trinajstić information content (AvgIpc) is 3.37. The van der Waals surface area contributed by atoms with Crippen molar-refractivity contribution in [2.24, 2.45) is 4.99 Å². The van der Waals surface area contributed by atoms with E-state index in [2.05, 4.69) is 61.2 Å². The van der Waals surface area contributed by atoms with Gasteiger partial charge in [-0.15, -0.1) is 0 Å². The van der Waals surface area contributed by atoms with E-state index in [1.165, 1.54) is 15.4 Å². The predicted octanol–water partition coefficient (Wildman–Crippen LogP) is 9.10. The minimum atomic E-state index is -0.0764. The molecule has 2 aliphatic rings. The van der Waals surface area contributed by atoms with E-state index in [9.17, 15) is 0 Å². The first kappa shape index (κ1) is 28.7. The number of aliphatic imine (C=N–C) groups is 1. The Morgan fingerprint density at radius 2 is 1.73 bits per heavy atom. The van der Waals surface area contributed by atoms with Crippen LogP contribution in [0.1, 0.15) is 61.2 Å². The molecule has 0 fully saturated rings.